The Hall–Kier alpha value is -3.64. The molecule has 158 valence electrons. The van der Waals surface area contributed by atoms with Gasteiger partial charge in [-0.15, -0.1) is 0 Å². The summed E-state index contributed by atoms with van der Waals surface area (Å²) in [6.07, 6.45) is 2.55. The van der Waals surface area contributed by atoms with E-state index in [4.69, 9.17) is 14.5 Å². The second-order valence-corrected chi connectivity index (χ2v) is 9.21. The van der Waals surface area contributed by atoms with Gasteiger partial charge in [-0.1, -0.05) is 59.9 Å². The molecule has 6 rings (SSSR count). The Balaban J connectivity index is 1.44. The fourth-order valence-corrected chi connectivity index (χ4v) is 5.51. The summed E-state index contributed by atoms with van der Waals surface area (Å²) < 4.78 is 14.6. The van der Waals surface area contributed by atoms with Crippen molar-refractivity contribution in [2.75, 3.05) is 0 Å². The second-order valence-electron chi connectivity index (χ2n) is 8.20. The topological polar surface area (TPSA) is 52.8 Å². The lowest BCUT2D eigenvalue weighted by Gasteiger charge is -2.39. The molecule has 0 radical (unpaired) electrons. The number of benzene rings is 3. The van der Waals surface area contributed by atoms with Gasteiger partial charge in [-0.2, -0.15) is 0 Å². The molecule has 5 nitrogen and oxygen atoms in total. The Kier molecular flexibility index (Phi) is 4.30. The third-order valence-corrected chi connectivity index (χ3v) is 6.78. The smallest absolute Gasteiger partial charge is 0.270 e. The molecule has 3 aromatic carbocycles. The van der Waals surface area contributed by atoms with Crippen molar-refractivity contribution in [2.24, 2.45) is 4.99 Å². The van der Waals surface area contributed by atoms with E-state index >= 15 is 0 Å². The number of aromatic nitrogens is 1. The van der Waals surface area contributed by atoms with Gasteiger partial charge in [0.25, 0.3) is 5.56 Å². The van der Waals surface area contributed by atoms with E-state index in [1.54, 1.807) is 0 Å². The van der Waals surface area contributed by atoms with E-state index in [0.717, 1.165) is 28.4 Å². The van der Waals surface area contributed by atoms with Crippen LogP contribution in [-0.2, 0) is 0 Å². The highest BCUT2D eigenvalue weighted by Gasteiger charge is 2.42. The lowest BCUT2D eigenvalue weighted by atomic mass is 9.93. The van der Waals surface area contributed by atoms with Crippen molar-refractivity contribution in [3.05, 3.63) is 110 Å². The summed E-state index contributed by atoms with van der Waals surface area (Å²) >= 11 is 1.40. The lowest BCUT2D eigenvalue weighted by Crippen LogP contribution is -2.49. The summed E-state index contributed by atoms with van der Waals surface area (Å²) in [6.45, 7) is 1.98. The molecule has 2 aliphatic heterocycles. The van der Waals surface area contributed by atoms with Gasteiger partial charge in [-0.3, -0.25) is 9.36 Å². The Morgan fingerprint density at radius 3 is 2.72 bits per heavy atom. The minimum Gasteiger partial charge on any atom is -0.466 e. The van der Waals surface area contributed by atoms with Crippen molar-refractivity contribution in [3.63, 3.8) is 0 Å². The molecule has 4 aromatic rings. The first-order chi connectivity index (χ1) is 15.6. The van der Waals surface area contributed by atoms with Gasteiger partial charge in [0.1, 0.15) is 17.2 Å². The molecule has 0 saturated carbocycles. The van der Waals surface area contributed by atoms with E-state index < -0.39 is 5.72 Å². The van der Waals surface area contributed by atoms with Crippen molar-refractivity contribution in [1.29, 1.82) is 0 Å². The van der Waals surface area contributed by atoms with Crippen LogP contribution in [0.3, 0.4) is 0 Å². The highest BCUT2D eigenvalue weighted by molar-refractivity contribution is 7.07. The number of fused-ring (bicyclic) bond motifs is 6. The summed E-state index contributed by atoms with van der Waals surface area (Å²) in [5.41, 5.74) is 1.26. The second kappa shape index (κ2) is 7.21. The zero-order chi connectivity index (χ0) is 21.7. The fourth-order valence-electron chi connectivity index (χ4n) is 4.38. The van der Waals surface area contributed by atoms with Crippen LogP contribution >= 0.6 is 11.3 Å². The van der Waals surface area contributed by atoms with E-state index in [9.17, 15) is 4.79 Å². The summed E-state index contributed by atoms with van der Waals surface area (Å²) in [5.74, 6) is 2.30. The van der Waals surface area contributed by atoms with Crippen LogP contribution < -0.4 is 24.4 Å². The minimum absolute atomic E-state index is 0.0214. The zero-order valence-electron chi connectivity index (χ0n) is 17.4. The highest BCUT2D eigenvalue weighted by atomic mass is 32.1. The lowest BCUT2D eigenvalue weighted by molar-refractivity contribution is 0.0410. The van der Waals surface area contributed by atoms with Crippen LogP contribution in [0.5, 0.6) is 17.2 Å². The molecule has 0 N–H and O–H groups in total. The van der Waals surface area contributed by atoms with Crippen LogP contribution in [0.1, 0.15) is 30.5 Å². The van der Waals surface area contributed by atoms with Gasteiger partial charge < -0.3 is 9.47 Å². The van der Waals surface area contributed by atoms with E-state index in [-0.39, 0.29) is 11.6 Å². The third kappa shape index (κ3) is 3.24. The minimum atomic E-state index is -0.656. The standard InChI is InChI=1S/C26H20N2O3S/c1-26-16-21(20-12-5-6-13-22(20)31-26)28-24(29)23(32-25(28)27-26)15-17-8-7-11-19(14-17)30-18-9-3-2-4-10-18/h2-15,21H,16H2,1H3/b23-15-/t21-,26+/m0/s1. The molecule has 0 saturated heterocycles. The summed E-state index contributed by atoms with van der Waals surface area (Å²) in [4.78, 5) is 18.9. The van der Waals surface area contributed by atoms with Crippen molar-refractivity contribution >= 4 is 17.4 Å². The maximum atomic E-state index is 13.4. The predicted octanol–water partition coefficient (Wildman–Crippen LogP) is 4.25. The number of thiazole rings is 1. The van der Waals surface area contributed by atoms with Gasteiger partial charge in [0.05, 0.1) is 10.6 Å². The Bertz CT molecular complexity index is 1510. The van der Waals surface area contributed by atoms with E-state index in [1.807, 2.05) is 96.4 Å². The number of rotatable bonds is 3. The molecular formula is C26H20N2O3S. The van der Waals surface area contributed by atoms with Gasteiger partial charge in [0.2, 0.25) is 5.72 Å². The van der Waals surface area contributed by atoms with E-state index in [2.05, 4.69) is 0 Å². The molecular weight excluding hydrogens is 420 g/mol. The van der Waals surface area contributed by atoms with Crippen molar-refractivity contribution in [2.45, 2.75) is 25.1 Å². The summed E-state index contributed by atoms with van der Waals surface area (Å²) in [7, 11) is 0. The SMILES string of the molecule is C[C@]12C[C@@H](c3ccccc3O1)n1c(s/c(=C\c3cccc(Oc4ccccc4)c3)c1=O)=N2. The highest BCUT2D eigenvalue weighted by Crippen LogP contribution is 2.42. The molecule has 0 amide bonds. The fraction of sp³-hybridized carbons (Fsp3) is 0.154. The Morgan fingerprint density at radius 2 is 1.84 bits per heavy atom. The molecule has 32 heavy (non-hydrogen) atoms. The first kappa shape index (κ1) is 19.1. The molecule has 0 fully saturated rings. The van der Waals surface area contributed by atoms with Crippen LogP contribution in [0.25, 0.3) is 6.08 Å². The van der Waals surface area contributed by atoms with E-state index in [1.165, 1.54) is 11.3 Å². The molecule has 0 spiro atoms. The maximum absolute atomic E-state index is 13.4. The van der Waals surface area contributed by atoms with Crippen molar-refractivity contribution < 1.29 is 9.47 Å². The quantitative estimate of drug-likeness (QED) is 0.479. The van der Waals surface area contributed by atoms with Gasteiger partial charge in [0, 0.05) is 12.0 Å². The van der Waals surface area contributed by atoms with Gasteiger partial charge in [0.15, 0.2) is 4.80 Å². The van der Waals surface area contributed by atoms with Crippen LogP contribution in [0.4, 0.5) is 0 Å². The average Bonchev–Trinajstić information content (AvgIpc) is 3.08. The maximum Gasteiger partial charge on any atom is 0.270 e. The number of nitrogens with zero attached hydrogens (tertiary/aromatic N) is 2. The monoisotopic (exact) mass is 440 g/mol. The van der Waals surface area contributed by atoms with Gasteiger partial charge >= 0.3 is 0 Å². The first-order valence-corrected chi connectivity index (χ1v) is 11.3. The van der Waals surface area contributed by atoms with Crippen molar-refractivity contribution in [3.8, 4) is 17.2 Å². The number of hydrogen-bond donors (Lipinski definition) is 0. The normalized spacial score (nSPS) is 21.2. The summed E-state index contributed by atoms with van der Waals surface area (Å²) in [6, 6.07) is 25.2. The zero-order valence-corrected chi connectivity index (χ0v) is 18.2. The van der Waals surface area contributed by atoms with Crippen LogP contribution in [-0.4, -0.2) is 10.3 Å². The third-order valence-electron chi connectivity index (χ3n) is 5.80. The molecule has 1 aromatic heterocycles. The molecule has 2 bridgehead atoms. The average molecular weight is 441 g/mol. The summed E-state index contributed by atoms with van der Waals surface area (Å²) in [5, 5.41) is 0. The van der Waals surface area contributed by atoms with Gasteiger partial charge in [-0.05, 0) is 48.9 Å². The molecule has 0 unspecified atom stereocenters. The molecule has 6 heteroatoms. The first-order valence-electron chi connectivity index (χ1n) is 10.5. The largest absolute Gasteiger partial charge is 0.466 e. The van der Waals surface area contributed by atoms with Crippen LogP contribution in [0.15, 0.2) is 88.6 Å². The van der Waals surface area contributed by atoms with Crippen molar-refractivity contribution in [1.82, 2.24) is 4.57 Å². The molecule has 0 aliphatic carbocycles. The van der Waals surface area contributed by atoms with Crippen LogP contribution in [0.2, 0.25) is 0 Å². The predicted molar refractivity (Wildman–Crippen MR) is 124 cm³/mol. The molecule has 3 heterocycles. The Morgan fingerprint density at radius 1 is 1.06 bits per heavy atom. The van der Waals surface area contributed by atoms with Crippen LogP contribution in [0, 0.1) is 0 Å². The number of hydrogen-bond acceptors (Lipinski definition) is 5. The molecule has 2 aliphatic rings. The van der Waals surface area contributed by atoms with Gasteiger partial charge in [-0.25, -0.2) is 4.99 Å². The Labute approximate surface area is 188 Å². The number of para-hydroxylation sites is 2. The molecule has 2 atom stereocenters. The number of ether oxygens (including phenoxy) is 2. The van der Waals surface area contributed by atoms with E-state index in [0.29, 0.717) is 15.8 Å².